The Bertz CT molecular complexity index is 533. The van der Waals surface area contributed by atoms with Crippen LogP contribution in [0, 0.1) is 0 Å². The quantitative estimate of drug-likeness (QED) is 0.812. The van der Waals surface area contributed by atoms with Crippen molar-refractivity contribution in [3.8, 4) is 11.5 Å². The first-order chi connectivity index (χ1) is 8.69. The first-order valence-corrected chi connectivity index (χ1v) is 5.54. The second kappa shape index (κ2) is 5.23. The zero-order valence-corrected chi connectivity index (χ0v) is 10.0. The fourth-order valence-electron chi connectivity index (χ4n) is 1.49. The fourth-order valence-corrected chi connectivity index (χ4v) is 1.49. The Balaban J connectivity index is 2.10. The number of amides is 1. The molecule has 18 heavy (non-hydrogen) atoms. The number of nitrogens with two attached hydrogens (primary N) is 1. The number of benzene rings is 2. The van der Waals surface area contributed by atoms with Gasteiger partial charge < -0.3 is 15.8 Å². The molecule has 0 atom stereocenters. The summed E-state index contributed by atoms with van der Waals surface area (Å²) in [5, 5.41) is 2.56. The third-order valence-electron chi connectivity index (χ3n) is 2.46. The molecule has 0 fully saturated rings. The van der Waals surface area contributed by atoms with E-state index in [0.29, 0.717) is 22.7 Å². The van der Waals surface area contributed by atoms with Crippen LogP contribution in [0.25, 0.3) is 0 Å². The van der Waals surface area contributed by atoms with Crippen LogP contribution in [0.3, 0.4) is 0 Å². The number of hydrogen-bond donors (Lipinski definition) is 2. The summed E-state index contributed by atoms with van der Waals surface area (Å²) in [7, 11) is 1.60. The van der Waals surface area contributed by atoms with Crippen LogP contribution in [0.2, 0.25) is 0 Å². The number of rotatable bonds is 3. The van der Waals surface area contributed by atoms with E-state index in [1.807, 2.05) is 0 Å². The summed E-state index contributed by atoms with van der Waals surface area (Å²) in [6.07, 6.45) is 0. The van der Waals surface area contributed by atoms with E-state index < -0.39 is 0 Å². The van der Waals surface area contributed by atoms with Crippen molar-refractivity contribution in [2.45, 2.75) is 0 Å². The highest BCUT2D eigenvalue weighted by Crippen LogP contribution is 2.22. The van der Waals surface area contributed by atoms with E-state index in [9.17, 15) is 4.79 Å². The molecule has 3 N–H and O–H groups in total. The van der Waals surface area contributed by atoms with Crippen molar-refractivity contribution in [3.63, 3.8) is 0 Å². The number of hydrogen-bond acceptors (Lipinski definition) is 3. The van der Waals surface area contributed by atoms with Crippen molar-refractivity contribution in [3.05, 3.63) is 54.1 Å². The summed E-state index contributed by atoms with van der Waals surface area (Å²) < 4.78 is 5.61. The summed E-state index contributed by atoms with van der Waals surface area (Å²) in [6.45, 7) is 0. The third kappa shape index (κ3) is 2.79. The van der Waals surface area contributed by atoms with Crippen LogP contribution in [0.1, 0.15) is 10.4 Å². The van der Waals surface area contributed by atoms with E-state index in [2.05, 4.69) is 5.32 Å². The lowest BCUT2D eigenvalue weighted by Crippen LogP contribution is -2.17. The van der Waals surface area contributed by atoms with Gasteiger partial charge in [-0.05, 0) is 48.5 Å². The molecule has 2 aromatic rings. The van der Waals surface area contributed by atoms with Gasteiger partial charge in [-0.3, -0.25) is 4.79 Å². The zero-order chi connectivity index (χ0) is 13.0. The van der Waals surface area contributed by atoms with Crippen molar-refractivity contribution in [2.24, 2.45) is 0 Å². The lowest BCUT2D eigenvalue weighted by molar-refractivity contribution is 0.0963. The van der Waals surface area contributed by atoms with Crippen molar-refractivity contribution in [2.75, 3.05) is 12.8 Å². The highest BCUT2D eigenvalue weighted by Gasteiger charge is 2.03. The number of carbonyl (C=O) groups is 1. The van der Waals surface area contributed by atoms with E-state index in [1.165, 1.54) is 0 Å². The van der Waals surface area contributed by atoms with Gasteiger partial charge in [0, 0.05) is 18.3 Å². The number of carbonyl (C=O) groups excluding carboxylic acids is 1. The minimum atomic E-state index is -0.117. The Hall–Kier alpha value is -2.49. The standard InChI is InChI=1S/C14H14N2O2/c1-16-14(17)10-2-6-12(7-3-10)18-13-8-4-11(15)5-9-13/h2-9H,15H2,1H3,(H,16,17). The summed E-state index contributed by atoms with van der Waals surface area (Å²) >= 11 is 0. The van der Waals surface area contributed by atoms with Gasteiger partial charge in [0.05, 0.1) is 0 Å². The van der Waals surface area contributed by atoms with Crippen LogP contribution in [-0.2, 0) is 0 Å². The Morgan fingerprint density at radius 1 is 1.00 bits per heavy atom. The normalized spacial score (nSPS) is 9.83. The van der Waals surface area contributed by atoms with Crippen LogP contribution >= 0.6 is 0 Å². The number of ether oxygens (including phenoxy) is 1. The molecule has 4 nitrogen and oxygen atoms in total. The first-order valence-electron chi connectivity index (χ1n) is 5.54. The lowest BCUT2D eigenvalue weighted by atomic mass is 10.2. The molecule has 2 aromatic carbocycles. The molecular weight excluding hydrogens is 228 g/mol. The van der Waals surface area contributed by atoms with Crippen LogP contribution in [0.15, 0.2) is 48.5 Å². The van der Waals surface area contributed by atoms with Crippen LogP contribution in [0.4, 0.5) is 5.69 Å². The maximum Gasteiger partial charge on any atom is 0.251 e. The molecule has 0 bridgehead atoms. The summed E-state index contributed by atoms with van der Waals surface area (Å²) in [5.74, 6) is 1.26. The predicted molar refractivity (Wildman–Crippen MR) is 70.8 cm³/mol. The molecule has 1 amide bonds. The molecule has 92 valence electrons. The molecular formula is C14H14N2O2. The molecule has 0 saturated heterocycles. The summed E-state index contributed by atoms with van der Waals surface area (Å²) in [5.41, 5.74) is 6.88. The molecule has 2 rings (SSSR count). The molecule has 0 radical (unpaired) electrons. The molecule has 0 aliphatic carbocycles. The molecule has 0 saturated carbocycles. The van der Waals surface area contributed by atoms with Gasteiger partial charge in [0.25, 0.3) is 5.91 Å². The van der Waals surface area contributed by atoms with Gasteiger partial charge in [-0.25, -0.2) is 0 Å². The average Bonchev–Trinajstić information content (AvgIpc) is 2.41. The van der Waals surface area contributed by atoms with Gasteiger partial charge in [0.15, 0.2) is 0 Å². The van der Waals surface area contributed by atoms with E-state index in [-0.39, 0.29) is 5.91 Å². The molecule has 0 aliphatic rings. The van der Waals surface area contributed by atoms with E-state index >= 15 is 0 Å². The molecule has 0 heterocycles. The first kappa shape index (κ1) is 12.0. The van der Waals surface area contributed by atoms with E-state index in [1.54, 1.807) is 55.6 Å². The molecule has 0 spiro atoms. The molecule has 4 heteroatoms. The van der Waals surface area contributed by atoms with Crippen LogP contribution < -0.4 is 15.8 Å². The summed E-state index contributed by atoms with van der Waals surface area (Å²) in [6, 6.07) is 14.1. The highest BCUT2D eigenvalue weighted by molar-refractivity contribution is 5.94. The minimum Gasteiger partial charge on any atom is -0.457 e. The highest BCUT2D eigenvalue weighted by atomic mass is 16.5. The second-order valence-electron chi connectivity index (χ2n) is 3.77. The fraction of sp³-hybridized carbons (Fsp3) is 0.0714. The van der Waals surface area contributed by atoms with Crippen LogP contribution in [0.5, 0.6) is 11.5 Å². The lowest BCUT2D eigenvalue weighted by Gasteiger charge is -2.06. The van der Waals surface area contributed by atoms with E-state index in [4.69, 9.17) is 10.5 Å². The topological polar surface area (TPSA) is 64.3 Å². The van der Waals surface area contributed by atoms with Crippen molar-refractivity contribution >= 4 is 11.6 Å². The average molecular weight is 242 g/mol. The van der Waals surface area contributed by atoms with Crippen molar-refractivity contribution < 1.29 is 9.53 Å². The Morgan fingerprint density at radius 3 is 2.00 bits per heavy atom. The molecule has 0 aliphatic heterocycles. The largest absolute Gasteiger partial charge is 0.457 e. The molecule has 0 unspecified atom stereocenters. The molecule has 0 aromatic heterocycles. The Labute approximate surface area is 105 Å². The number of nitrogens with one attached hydrogen (secondary N) is 1. The maximum absolute atomic E-state index is 11.4. The van der Waals surface area contributed by atoms with Gasteiger partial charge >= 0.3 is 0 Å². The minimum absolute atomic E-state index is 0.117. The van der Waals surface area contributed by atoms with Gasteiger partial charge in [0.1, 0.15) is 11.5 Å². The number of anilines is 1. The van der Waals surface area contributed by atoms with Crippen molar-refractivity contribution in [1.82, 2.24) is 5.32 Å². The SMILES string of the molecule is CNC(=O)c1ccc(Oc2ccc(N)cc2)cc1. The smallest absolute Gasteiger partial charge is 0.251 e. The number of nitrogen functional groups attached to an aromatic ring is 1. The maximum atomic E-state index is 11.4. The second-order valence-corrected chi connectivity index (χ2v) is 3.77. The van der Waals surface area contributed by atoms with Crippen molar-refractivity contribution in [1.29, 1.82) is 0 Å². The monoisotopic (exact) mass is 242 g/mol. The predicted octanol–water partition coefficient (Wildman–Crippen LogP) is 2.42. The van der Waals surface area contributed by atoms with E-state index in [0.717, 1.165) is 0 Å². The third-order valence-corrected chi connectivity index (χ3v) is 2.46. The van der Waals surface area contributed by atoms with Crippen LogP contribution in [-0.4, -0.2) is 13.0 Å². The van der Waals surface area contributed by atoms with Gasteiger partial charge in [-0.15, -0.1) is 0 Å². The van der Waals surface area contributed by atoms with Gasteiger partial charge in [-0.1, -0.05) is 0 Å². The zero-order valence-electron chi connectivity index (χ0n) is 10.0. The summed E-state index contributed by atoms with van der Waals surface area (Å²) in [4.78, 5) is 11.4. The Morgan fingerprint density at radius 2 is 1.50 bits per heavy atom. The van der Waals surface area contributed by atoms with Gasteiger partial charge in [0.2, 0.25) is 0 Å². The van der Waals surface area contributed by atoms with Gasteiger partial charge in [-0.2, -0.15) is 0 Å². The Kier molecular flexibility index (Phi) is 3.48.